The van der Waals surface area contributed by atoms with Crippen molar-refractivity contribution in [1.82, 2.24) is 36.8 Å². The number of aliphatic hydroxyl groups is 2. The van der Waals surface area contributed by atoms with Gasteiger partial charge in [-0.25, -0.2) is 0 Å². The molecule has 0 aromatic heterocycles. The molecule has 0 aromatic carbocycles. The molecular weight excluding hydrogens is 1060 g/mol. The second kappa shape index (κ2) is 43.0. The molecular formula is C52H97N8O18P. The number of likely N-dealkylation sites (N-methyl/N-ethyl adjacent to an activating group) is 1. The Morgan fingerprint density at radius 1 is 0.608 bits per heavy atom. The molecule has 0 aliphatic heterocycles. The van der Waals surface area contributed by atoms with Crippen molar-refractivity contribution in [1.29, 1.82) is 0 Å². The van der Waals surface area contributed by atoms with Crippen molar-refractivity contribution in [3.63, 3.8) is 0 Å². The molecule has 1 unspecified atom stereocenters. The lowest BCUT2D eigenvalue weighted by atomic mass is 10.0. The number of phosphoric acid groups is 1. The van der Waals surface area contributed by atoms with Crippen LogP contribution in [-0.4, -0.2) is 202 Å². The quantitative estimate of drug-likeness (QED) is 0.0178. The molecule has 458 valence electrons. The van der Waals surface area contributed by atoms with Crippen molar-refractivity contribution in [2.75, 3.05) is 87.3 Å². The van der Waals surface area contributed by atoms with Gasteiger partial charge < -0.3 is 80.0 Å². The van der Waals surface area contributed by atoms with E-state index in [9.17, 15) is 62.8 Å². The average Bonchev–Trinajstić information content (AvgIpc) is 3.36. The van der Waals surface area contributed by atoms with Crippen molar-refractivity contribution >= 4 is 61.2 Å². The lowest BCUT2D eigenvalue weighted by molar-refractivity contribution is -0.870. The van der Waals surface area contributed by atoms with Crippen LogP contribution in [0.25, 0.3) is 0 Å². The van der Waals surface area contributed by atoms with Gasteiger partial charge in [-0.1, -0.05) is 84.0 Å². The zero-order chi connectivity index (χ0) is 59.8. The number of hydrogen-bond donors (Lipinski definition) is 9. The number of aliphatic hydroxyl groups excluding tert-OH is 2. The molecule has 0 spiro atoms. The largest absolute Gasteiger partial charge is 0.756 e. The highest BCUT2D eigenvalue weighted by atomic mass is 31.2. The van der Waals surface area contributed by atoms with E-state index < -0.39 is 130 Å². The predicted octanol–water partition coefficient (Wildman–Crippen LogP) is 1.07. The van der Waals surface area contributed by atoms with E-state index in [-0.39, 0.29) is 25.9 Å². The Labute approximate surface area is 467 Å². The number of amides is 6. The molecule has 79 heavy (non-hydrogen) atoms. The molecule has 7 atom stereocenters. The summed E-state index contributed by atoms with van der Waals surface area (Å²) in [7, 11) is 2.64. The Bertz CT molecular complexity index is 1870. The number of phosphoric ester groups is 1. The summed E-state index contributed by atoms with van der Waals surface area (Å²) >= 11 is 0. The van der Waals surface area contributed by atoms with Gasteiger partial charge in [0.2, 0.25) is 35.4 Å². The Hall–Kier alpha value is -4.82. The van der Waals surface area contributed by atoms with Crippen LogP contribution in [-0.2, 0) is 66.2 Å². The minimum atomic E-state index is -4.78. The number of carboxylic acids is 1. The van der Waals surface area contributed by atoms with Gasteiger partial charge >= 0.3 is 17.9 Å². The molecule has 6 amide bonds. The summed E-state index contributed by atoms with van der Waals surface area (Å²) < 4.78 is 33.9. The van der Waals surface area contributed by atoms with E-state index in [2.05, 4.69) is 38.8 Å². The number of hydrogen-bond acceptors (Lipinski definition) is 18. The van der Waals surface area contributed by atoms with Crippen molar-refractivity contribution in [3.8, 4) is 0 Å². The topological polar surface area (TPSA) is 367 Å². The molecule has 0 radical (unpaired) electrons. The zero-order valence-corrected chi connectivity index (χ0v) is 49.2. The van der Waals surface area contributed by atoms with Gasteiger partial charge in [-0.15, -0.1) is 0 Å². The van der Waals surface area contributed by atoms with E-state index >= 15 is 0 Å². The number of nitrogens with one attached hydrogen (secondary N) is 6. The van der Waals surface area contributed by atoms with E-state index in [1.165, 1.54) is 71.6 Å². The molecule has 0 heterocycles. The summed E-state index contributed by atoms with van der Waals surface area (Å²) in [6.07, 6.45) is 12.8. The molecule has 9 N–H and O–H groups in total. The third-order valence-corrected chi connectivity index (χ3v) is 13.2. The SMILES string of the molecule is CCCCCCCCCCCCCCCC(=O)OC[C@H](COP(=O)([O-])OCC[N+](C)(C)C)OC(=O)CCCCN(C)CCCC[C@H](NC(=O)[C@@H](NC(=O)CNC(=O)[C@@H](NC(C)=O)[C@@H](C)O)[C@@H](C)O)C(=O)NCC(=O)NCC(=O)O. The van der Waals surface area contributed by atoms with Crippen LogP contribution >= 0.6 is 7.82 Å². The first-order chi connectivity index (χ1) is 37.2. The van der Waals surface area contributed by atoms with E-state index in [0.29, 0.717) is 56.2 Å². The summed E-state index contributed by atoms with van der Waals surface area (Å²) in [4.78, 5) is 127. The van der Waals surface area contributed by atoms with Crippen LogP contribution in [0.1, 0.15) is 156 Å². The molecule has 0 aromatic rings. The summed E-state index contributed by atoms with van der Waals surface area (Å²) in [5, 5.41) is 42.8. The third kappa shape index (κ3) is 41.8. The van der Waals surface area contributed by atoms with Gasteiger partial charge in [-0.05, 0) is 72.5 Å². The number of carbonyl (C=O) groups excluding carboxylic acids is 8. The van der Waals surface area contributed by atoms with Gasteiger partial charge in [0.25, 0.3) is 7.82 Å². The Morgan fingerprint density at radius 2 is 1.11 bits per heavy atom. The highest BCUT2D eigenvalue weighted by molar-refractivity contribution is 7.45. The summed E-state index contributed by atoms with van der Waals surface area (Å²) in [6, 6.07) is -4.32. The minimum Gasteiger partial charge on any atom is -0.756 e. The Morgan fingerprint density at radius 3 is 1.66 bits per heavy atom. The molecule has 0 aliphatic rings. The van der Waals surface area contributed by atoms with Crippen LogP contribution in [0.4, 0.5) is 0 Å². The second-order valence-electron chi connectivity index (χ2n) is 21.0. The number of aliphatic carboxylic acids is 1. The Kier molecular flexibility index (Phi) is 40.4. The Balaban J connectivity index is 5.35. The van der Waals surface area contributed by atoms with Gasteiger partial charge in [-0.2, -0.15) is 0 Å². The van der Waals surface area contributed by atoms with Gasteiger partial charge in [0.1, 0.15) is 44.4 Å². The molecule has 0 fully saturated rings. The fourth-order valence-corrected chi connectivity index (χ4v) is 8.35. The summed E-state index contributed by atoms with van der Waals surface area (Å²) in [5.41, 5.74) is 0. The van der Waals surface area contributed by atoms with Crippen LogP contribution in [0.2, 0.25) is 0 Å². The minimum absolute atomic E-state index is 0.0121. The number of carbonyl (C=O) groups is 9. The number of nitrogens with zero attached hydrogens (tertiary/aromatic N) is 2. The number of carboxylic acid groups (broad SMARTS) is 1. The lowest BCUT2D eigenvalue weighted by Crippen LogP contribution is -2.59. The predicted molar refractivity (Wildman–Crippen MR) is 290 cm³/mol. The van der Waals surface area contributed by atoms with Crippen LogP contribution in [0.5, 0.6) is 0 Å². The molecule has 27 heteroatoms. The fraction of sp³-hybridized carbons (Fsp3) is 0.827. The van der Waals surface area contributed by atoms with Crippen LogP contribution in [0, 0.1) is 0 Å². The van der Waals surface area contributed by atoms with Crippen LogP contribution < -0.4 is 36.8 Å². The van der Waals surface area contributed by atoms with Crippen LogP contribution in [0.3, 0.4) is 0 Å². The van der Waals surface area contributed by atoms with Crippen molar-refractivity contribution in [2.45, 2.75) is 193 Å². The fourth-order valence-electron chi connectivity index (χ4n) is 7.63. The highest BCUT2D eigenvalue weighted by Crippen LogP contribution is 2.38. The molecule has 0 aliphatic carbocycles. The van der Waals surface area contributed by atoms with E-state index in [4.69, 9.17) is 23.6 Å². The first-order valence-corrected chi connectivity index (χ1v) is 29.3. The standard InChI is InChI=1S/C52H97N8O18P/c1-9-10-11-12-13-14-15-16-17-18-19-20-21-27-46(68)75-36-41(37-77-79(73,74)76-32-31-60(6,7)8)78-47(69)28-23-25-30-59(5)29-24-22-26-42(50(70)54-33-43(64)53-35-45(66)67)57-52(72)49(39(3)62)58-44(65)34-55-51(71)48(38(2)61)56-40(4)63/h38-39,41-42,48-49,61-62H,9-37H2,1-8H3,(H7-,53,54,55,56,57,58,63,64,65,66,67,70,71,72,73,74)/t38-,39-,41-,42+,48+,49+/m1/s1. The van der Waals surface area contributed by atoms with E-state index in [0.717, 1.165) is 26.2 Å². The normalized spacial score (nSPS) is 14.5. The second-order valence-corrected chi connectivity index (χ2v) is 22.4. The van der Waals surface area contributed by atoms with E-state index in [1.807, 2.05) is 33.1 Å². The maximum absolute atomic E-state index is 13.4. The number of rotatable bonds is 48. The molecule has 0 saturated carbocycles. The smallest absolute Gasteiger partial charge is 0.322 e. The number of esters is 2. The molecule has 0 saturated heterocycles. The highest BCUT2D eigenvalue weighted by Gasteiger charge is 2.31. The number of ether oxygens (including phenoxy) is 2. The van der Waals surface area contributed by atoms with Crippen LogP contribution in [0.15, 0.2) is 0 Å². The average molecular weight is 1150 g/mol. The summed E-state index contributed by atoms with van der Waals surface area (Å²) in [5.74, 6) is -7.57. The monoisotopic (exact) mass is 1150 g/mol. The first kappa shape index (κ1) is 74.2. The van der Waals surface area contributed by atoms with Gasteiger partial charge in [-0.3, -0.25) is 47.7 Å². The summed E-state index contributed by atoms with van der Waals surface area (Å²) in [6.45, 7) is 3.97. The lowest BCUT2D eigenvalue weighted by Gasteiger charge is -2.28. The molecule has 0 bridgehead atoms. The van der Waals surface area contributed by atoms with Gasteiger partial charge in [0.15, 0.2) is 6.10 Å². The molecule has 0 rings (SSSR count). The molecule has 26 nitrogen and oxygen atoms in total. The van der Waals surface area contributed by atoms with E-state index in [1.54, 1.807) is 0 Å². The number of unbranched alkanes of at least 4 members (excludes halogenated alkanes) is 14. The van der Waals surface area contributed by atoms with Gasteiger partial charge in [0.05, 0.1) is 53.0 Å². The maximum Gasteiger partial charge on any atom is 0.322 e. The zero-order valence-electron chi connectivity index (χ0n) is 48.3. The van der Waals surface area contributed by atoms with Crippen molar-refractivity contribution in [3.05, 3.63) is 0 Å². The maximum atomic E-state index is 13.4. The third-order valence-electron chi connectivity index (χ3n) is 12.2. The van der Waals surface area contributed by atoms with Crippen molar-refractivity contribution in [2.24, 2.45) is 0 Å². The first-order valence-electron chi connectivity index (χ1n) is 27.9. The number of quaternary nitrogens is 1. The van der Waals surface area contributed by atoms with Crippen molar-refractivity contribution < 1.29 is 90.9 Å². The van der Waals surface area contributed by atoms with Gasteiger partial charge in [0, 0.05) is 19.8 Å².